The highest BCUT2D eigenvalue weighted by Gasteiger charge is 2.15. The first kappa shape index (κ1) is 20.9. The number of nitrogens with one attached hydrogen (secondary N) is 1. The van der Waals surface area contributed by atoms with E-state index in [1.807, 2.05) is 18.2 Å². The Morgan fingerprint density at radius 2 is 1.87 bits per heavy atom. The number of aromatic hydroxyl groups is 2. The van der Waals surface area contributed by atoms with Crippen molar-refractivity contribution >= 4 is 0 Å². The van der Waals surface area contributed by atoms with E-state index in [9.17, 15) is 10.2 Å². The van der Waals surface area contributed by atoms with E-state index in [4.69, 9.17) is 14.2 Å². The van der Waals surface area contributed by atoms with Gasteiger partial charge in [-0.15, -0.1) is 0 Å². The van der Waals surface area contributed by atoms with Crippen LogP contribution in [0.4, 0.5) is 0 Å². The molecule has 31 heavy (non-hydrogen) atoms. The molecule has 3 aromatic rings. The van der Waals surface area contributed by atoms with E-state index in [0.717, 1.165) is 24.3 Å². The van der Waals surface area contributed by atoms with Crippen molar-refractivity contribution in [1.82, 2.24) is 9.88 Å². The van der Waals surface area contributed by atoms with Crippen LogP contribution < -0.4 is 19.5 Å². The Hall–Kier alpha value is -3.32. The summed E-state index contributed by atoms with van der Waals surface area (Å²) < 4.78 is 18.3. The lowest BCUT2D eigenvalue weighted by molar-refractivity contribution is 0.262. The molecule has 2 heterocycles. The molecule has 0 aliphatic carbocycles. The molecule has 2 aromatic carbocycles. The Kier molecular flexibility index (Phi) is 6.23. The number of benzene rings is 2. The molecular weight excluding hydrogens is 396 g/mol. The summed E-state index contributed by atoms with van der Waals surface area (Å²) in [5.74, 6) is 2.25. The summed E-state index contributed by atoms with van der Waals surface area (Å²) in [6.07, 6.45) is 0.970. The van der Waals surface area contributed by atoms with Gasteiger partial charge in [-0.3, -0.25) is 4.57 Å². The van der Waals surface area contributed by atoms with E-state index < -0.39 is 0 Å². The van der Waals surface area contributed by atoms with Crippen molar-refractivity contribution in [2.75, 3.05) is 20.3 Å². The molecule has 0 spiro atoms. The average Bonchev–Trinajstić information content (AvgIpc) is 3.38. The minimum Gasteiger partial charge on any atom is -0.494 e. The Bertz CT molecular complexity index is 1030. The third-order valence-electron chi connectivity index (χ3n) is 5.56. The van der Waals surface area contributed by atoms with Crippen molar-refractivity contribution < 1.29 is 24.4 Å². The Morgan fingerprint density at radius 1 is 1.06 bits per heavy atom. The standard InChI is InChI=1S/C24H28N2O5/c1-16(18-4-6-20-19(14-18)9-11-30-20)25-15-17-3-5-21(22(13-17)29-2)31-12-10-26-23(27)7-8-24(26)28/h3-8,13-14,16,25,27-28H,9-12,15H2,1-2H3. The van der Waals surface area contributed by atoms with Gasteiger partial charge in [-0.05, 0) is 41.8 Å². The summed E-state index contributed by atoms with van der Waals surface area (Å²) in [5, 5.41) is 23.0. The van der Waals surface area contributed by atoms with Crippen LogP contribution in [0.5, 0.6) is 29.0 Å². The van der Waals surface area contributed by atoms with Crippen LogP contribution >= 0.6 is 0 Å². The topological polar surface area (TPSA) is 85.1 Å². The Balaban J connectivity index is 1.34. The van der Waals surface area contributed by atoms with Crippen molar-refractivity contribution in [3.05, 3.63) is 65.2 Å². The Morgan fingerprint density at radius 3 is 2.65 bits per heavy atom. The van der Waals surface area contributed by atoms with Crippen LogP contribution in [-0.2, 0) is 19.5 Å². The second-order valence-electron chi connectivity index (χ2n) is 7.60. The largest absolute Gasteiger partial charge is 0.494 e. The number of aromatic nitrogens is 1. The average molecular weight is 424 g/mol. The minimum atomic E-state index is -0.000459. The van der Waals surface area contributed by atoms with Crippen molar-refractivity contribution in [1.29, 1.82) is 0 Å². The highest BCUT2D eigenvalue weighted by Crippen LogP contribution is 2.30. The van der Waals surface area contributed by atoms with Crippen molar-refractivity contribution in [3.63, 3.8) is 0 Å². The SMILES string of the molecule is COc1cc(CNC(C)c2ccc3c(c2)CCO3)ccc1OCCn1c(O)ccc1O. The van der Waals surface area contributed by atoms with Gasteiger partial charge in [0.1, 0.15) is 12.4 Å². The molecule has 0 bridgehead atoms. The van der Waals surface area contributed by atoms with Gasteiger partial charge in [-0.2, -0.15) is 0 Å². The number of rotatable bonds is 9. The second-order valence-corrected chi connectivity index (χ2v) is 7.60. The lowest BCUT2D eigenvalue weighted by Crippen LogP contribution is -2.18. The molecule has 0 saturated heterocycles. The molecule has 0 radical (unpaired) electrons. The Labute approximate surface area is 181 Å². The fraction of sp³-hybridized carbons (Fsp3) is 0.333. The molecule has 1 aromatic heterocycles. The summed E-state index contributed by atoms with van der Waals surface area (Å²) in [7, 11) is 1.61. The fourth-order valence-electron chi connectivity index (χ4n) is 3.73. The summed E-state index contributed by atoms with van der Waals surface area (Å²) in [5.41, 5.74) is 3.60. The van der Waals surface area contributed by atoms with Crippen LogP contribution in [-0.4, -0.2) is 35.1 Å². The molecule has 164 valence electrons. The highest BCUT2D eigenvalue weighted by atomic mass is 16.5. The van der Waals surface area contributed by atoms with Gasteiger partial charge in [0.25, 0.3) is 0 Å². The zero-order valence-electron chi connectivity index (χ0n) is 17.8. The van der Waals surface area contributed by atoms with Crippen LogP contribution in [0.15, 0.2) is 48.5 Å². The third-order valence-corrected chi connectivity index (χ3v) is 5.56. The van der Waals surface area contributed by atoms with Crippen LogP contribution in [0.1, 0.15) is 29.7 Å². The maximum absolute atomic E-state index is 9.71. The molecule has 1 unspecified atom stereocenters. The van der Waals surface area contributed by atoms with Gasteiger partial charge in [-0.1, -0.05) is 18.2 Å². The molecule has 1 aliphatic heterocycles. The monoisotopic (exact) mass is 424 g/mol. The summed E-state index contributed by atoms with van der Waals surface area (Å²) >= 11 is 0. The molecule has 7 nitrogen and oxygen atoms in total. The lowest BCUT2D eigenvalue weighted by atomic mass is 10.0. The summed E-state index contributed by atoms with van der Waals surface area (Å²) in [6, 6.07) is 15.3. The minimum absolute atomic E-state index is 0.000459. The number of methoxy groups -OCH3 is 1. The van der Waals surface area contributed by atoms with Crippen LogP contribution in [0, 0.1) is 0 Å². The first-order valence-corrected chi connectivity index (χ1v) is 10.4. The number of hydrogen-bond donors (Lipinski definition) is 3. The van der Waals surface area contributed by atoms with Crippen molar-refractivity contribution in [3.8, 4) is 29.0 Å². The van der Waals surface area contributed by atoms with Gasteiger partial charge in [0.15, 0.2) is 23.3 Å². The van der Waals surface area contributed by atoms with Crippen LogP contribution in [0.25, 0.3) is 0 Å². The second kappa shape index (κ2) is 9.22. The van der Waals surface area contributed by atoms with Crippen LogP contribution in [0.2, 0.25) is 0 Å². The zero-order valence-corrected chi connectivity index (χ0v) is 17.8. The lowest BCUT2D eigenvalue weighted by Gasteiger charge is -2.17. The van der Waals surface area contributed by atoms with Gasteiger partial charge in [0.05, 0.1) is 20.3 Å². The number of ether oxygens (including phenoxy) is 3. The molecule has 4 rings (SSSR count). The first-order chi connectivity index (χ1) is 15.0. The fourth-order valence-corrected chi connectivity index (χ4v) is 3.73. The molecule has 0 saturated carbocycles. The molecule has 1 atom stereocenters. The molecule has 3 N–H and O–H groups in total. The van der Waals surface area contributed by atoms with Gasteiger partial charge in [0, 0.05) is 31.1 Å². The maximum atomic E-state index is 9.71. The predicted octanol–water partition coefficient (Wildman–Crippen LogP) is 3.77. The van der Waals surface area contributed by atoms with Gasteiger partial charge >= 0.3 is 0 Å². The third kappa shape index (κ3) is 4.72. The van der Waals surface area contributed by atoms with E-state index in [0.29, 0.717) is 24.6 Å². The van der Waals surface area contributed by atoms with Gasteiger partial charge in [-0.25, -0.2) is 0 Å². The molecule has 1 aliphatic rings. The first-order valence-electron chi connectivity index (χ1n) is 10.4. The summed E-state index contributed by atoms with van der Waals surface area (Å²) in [6.45, 7) is 4.21. The quantitative estimate of drug-likeness (QED) is 0.485. The zero-order chi connectivity index (χ0) is 21.8. The van der Waals surface area contributed by atoms with Crippen molar-refractivity contribution in [2.24, 2.45) is 0 Å². The van der Waals surface area contributed by atoms with E-state index in [1.165, 1.54) is 27.8 Å². The van der Waals surface area contributed by atoms with Crippen molar-refractivity contribution in [2.45, 2.75) is 32.5 Å². The molecule has 0 fully saturated rings. The number of fused-ring (bicyclic) bond motifs is 1. The smallest absolute Gasteiger partial charge is 0.193 e. The van der Waals surface area contributed by atoms with Gasteiger partial charge in [0.2, 0.25) is 0 Å². The summed E-state index contributed by atoms with van der Waals surface area (Å²) in [4.78, 5) is 0. The molecular formula is C24H28N2O5. The van der Waals surface area contributed by atoms with Gasteiger partial charge < -0.3 is 29.7 Å². The number of nitrogens with zero attached hydrogens (tertiary/aromatic N) is 1. The van der Waals surface area contributed by atoms with E-state index in [-0.39, 0.29) is 24.4 Å². The molecule has 7 heteroatoms. The highest BCUT2D eigenvalue weighted by molar-refractivity contribution is 5.43. The van der Waals surface area contributed by atoms with E-state index in [2.05, 4.69) is 30.4 Å². The maximum Gasteiger partial charge on any atom is 0.193 e. The normalized spacial score (nSPS) is 13.5. The predicted molar refractivity (Wildman–Crippen MR) is 117 cm³/mol. The van der Waals surface area contributed by atoms with Crippen LogP contribution in [0.3, 0.4) is 0 Å². The number of hydrogen-bond acceptors (Lipinski definition) is 6. The van der Waals surface area contributed by atoms with E-state index in [1.54, 1.807) is 7.11 Å². The molecule has 0 amide bonds. The van der Waals surface area contributed by atoms with E-state index >= 15 is 0 Å².